The Hall–Kier alpha value is -2.70. The van der Waals surface area contributed by atoms with Crippen LogP contribution >= 0.6 is 0 Å². The quantitative estimate of drug-likeness (QED) is 0.792. The molecule has 2 aromatic rings. The molecule has 0 saturated carbocycles. The zero-order chi connectivity index (χ0) is 15.9. The summed E-state index contributed by atoms with van der Waals surface area (Å²) >= 11 is 0. The summed E-state index contributed by atoms with van der Waals surface area (Å²) in [7, 11) is 0. The van der Waals surface area contributed by atoms with Gasteiger partial charge in [0.15, 0.2) is 0 Å². The minimum absolute atomic E-state index is 0.0747. The summed E-state index contributed by atoms with van der Waals surface area (Å²) in [4.78, 5) is 22.3. The molecule has 0 aliphatic carbocycles. The van der Waals surface area contributed by atoms with Crippen molar-refractivity contribution in [3.8, 4) is 0 Å². The Balaban J connectivity index is 1.75. The van der Waals surface area contributed by atoms with Crippen LogP contribution in [0.15, 0.2) is 30.5 Å². The van der Waals surface area contributed by atoms with Crippen molar-refractivity contribution >= 4 is 11.9 Å². The normalized spacial score (nSPS) is 10.4. The van der Waals surface area contributed by atoms with E-state index in [-0.39, 0.29) is 19.0 Å². The SMILES string of the molecule is Cc1cccc(CCC(=O)NCc2cn(CC(=O)O)nn2)c1. The van der Waals surface area contributed by atoms with Gasteiger partial charge in [0.05, 0.1) is 12.7 Å². The fourth-order valence-corrected chi connectivity index (χ4v) is 2.04. The number of aliphatic carboxylic acids is 1. The summed E-state index contributed by atoms with van der Waals surface area (Å²) in [6.07, 6.45) is 2.58. The standard InChI is InChI=1S/C15H18N4O3/c1-11-3-2-4-12(7-11)5-6-14(20)16-8-13-9-19(18-17-13)10-15(21)22/h2-4,7,9H,5-6,8,10H2,1H3,(H,16,20)(H,21,22). The Morgan fingerprint density at radius 1 is 1.36 bits per heavy atom. The van der Waals surface area contributed by atoms with Gasteiger partial charge in [-0.25, -0.2) is 4.68 Å². The number of benzene rings is 1. The van der Waals surface area contributed by atoms with Crippen molar-refractivity contribution in [2.24, 2.45) is 0 Å². The molecular formula is C15H18N4O3. The van der Waals surface area contributed by atoms with E-state index in [1.807, 2.05) is 25.1 Å². The lowest BCUT2D eigenvalue weighted by atomic mass is 10.1. The lowest BCUT2D eigenvalue weighted by molar-refractivity contribution is -0.138. The molecule has 1 aromatic heterocycles. The van der Waals surface area contributed by atoms with Gasteiger partial charge in [-0.1, -0.05) is 35.0 Å². The molecule has 1 heterocycles. The van der Waals surface area contributed by atoms with Crippen LogP contribution in [0.1, 0.15) is 23.2 Å². The van der Waals surface area contributed by atoms with Gasteiger partial charge in [-0.15, -0.1) is 5.10 Å². The Bertz CT molecular complexity index is 666. The smallest absolute Gasteiger partial charge is 0.325 e. The number of carboxylic acid groups (broad SMARTS) is 1. The molecule has 2 rings (SSSR count). The third-order valence-electron chi connectivity index (χ3n) is 3.07. The predicted octanol–water partition coefficient (Wildman–Crippen LogP) is 0.920. The van der Waals surface area contributed by atoms with Gasteiger partial charge < -0.3 is 10.4 Å². The summed E-state index contributed by atoms with van der Waals surface area (Å²) in [6.45, 7) is 2.02. The summed E-state index contributed by atoms with van der Waals surface area (Å²) in [5, 5.41) is 18.9. The number of carbonyl (C=O) groups is 2. The predicted molar refractivity (Wildman–Crippen MR) is 79.0 cm³/mol. The van der Waals surface area contributed by atoms with Crippen LogP contribution in [0.25, 0.3) is 0 Å². The van der Waals surface area contributed by atoms with Crippen molar-refractivity contribution in [3.63, 3.8) is 0 Å². The molecule has 0 atom stereocenters. The maximum Gasteiger partial charge on any atom is 0.325 e. The Morgan fingerprint density at radius 2 is 2.18 bits per heavy atom. The molecule has 0 aliphatic heterocycles. The van der Waals surface area contributed by atoms with Gasteiger partial charge in [0.2, 0.25) is 5.91 Å². The van der Waals surface area contributed by atoms with Crippen LogP contribution in [-0.4, -0.2) is 32.0 Å². The molecule has 22 heavy (non-hydrogen) atoms. The number of hydrogen-bond acceptors (Lipinski definition) is 4. The highest BCUT2D eigenvalue weighted by molar-refractivity contribution is 5.76. The average molecular weight is 302 g/mol. The van der Waals surface area contributed by atoms with Crippen molar-refractivity contribution < 1.29 is 14.7 Å². The van der Waals surface area contributed by atoms with E-state index in [4.69, 9.17) is 5.11 Å². The molecular weight excluding hydrogens is 284 g/mol. The molecule has 0 saturated heterocycles. The first-order valence-corrected chi connectivity index (χ1v) is 6.96. The van der Waals surface area contributed by atoms with E-state index in [0.717, 1.165) is 5.56 Å². The molecule has 0 unspecified atom stereocenters. The molecule has 7 heteroatoms. The molecule has 1 aromatic carbocycles. The van der Waals surface area contributed by atoms with Gasteiger partial charge in [-0.3, -0.25) is 9.59 Å². The number of amides is 1. The first kappa shape index (κ1) is 15.7. The lowest BCUT2D eigenvalue weighted by Gasteiger charge is -2.04. The van der Waals surface area contributed by atoms with Crippen LogP contribution in [0.4, 0.5) is 0 Å². The number of carbonyl (C=O) groups excluding carboxylic acids is 1. The lowest BCUT2D eigenvalue weighted by Crippen LogP contribution is -2.23. The summed E-state index contributed by atoms with van der Waals surface area (Å²) in [5.41, 5.74) is 2.83. The average Bonchev–Trinajstić information content (AvgIpc) is 2.90. The van der Waals surface area contributed by atoms with Crippen molar-refractivity contribution in [1.82, 2.24) is 20.3 Å². The second kappa shape index (κ2) is 7.35. The highest BCUT2D eigenvalue weighted by atomic mass is 16.4. The Kier molecular flexibility index (Phi) is 5.24. The summed E-state index contributed by atoms with van der Waals surface area (Å²) in [6, 6.07) is 8.05. The van der Waals surface area contributed by atoms with Gasteiger partial charge >= 0.3 is 5.97 Å². The van der Waals surface area contributed by atoms with Gasteiger partial charge in [-0.05, 0) is 18.9 Å². The molecule has 0 aliphatic rings. The maximum atomic E-state index is 11.8. The minimum Gasteiger partial charge on any atom is -0.480 e. The van der Waals surface area contributed by atoms with Crippen molar-refractivity contribution in [3.05, 3.63) is 47.3 Å². The highest BCUT2D eigenvalue weighted by Crippen LogP contribution is 2.06. The van der Waals surface area contributed by atoms with Crippen LogP contribution < -0.4 is 5.32 Å². The molecule has 0 fully saturated rings. The largest absolute Gasteiger partial charge is 0.480 e. The third-order valence-corrected chi connectivity index (χ3v) is 3.07. The van der Waals surface area contributed by atoms with E-state index in [0.29, 0.717) is 18.5 Å². The molecule has 7 nitrogen and oxygen atoms in total. The van der Waals surface area contributed by atoms with Crippen molar-refractivity contribution in [2.45, 2.75) is 32.9 Å². The van der Waals surface area contributed by atoms with Crippen LogP contribution in [0.3, 0.4) is 0 Å². The molecule has 0 spiro atoms. The Morgan fingerprint density at radius 3 is 2.91 bits per heavy atom. The number of carboxylic acids is 1. The second-order valence-electron chi connectivity index (χ2n) is 5.07. The highest BCUT2D eigenvalue weighted by Gasteiger charge is 2.06. The maximum absolute atomic E-state index is 11.8. The molecule has 0 radical (unpaired) electrons. The van der Waals surface area contributed by atoms with Gasteiger partial charge in [0, 0.05) is 6.42 Å². The summed E-state index contributed by atoms with van der Waals surface area (Å²) < 4.78 is 1.22. The van der Waals surface area contributed by atoms with E-state index >= 15 is 0 Å². The topological polar surface area (TPSA) is 97.1 Å². The van der Waals surface area contributed by atoms with E-state index < -0.39 is 5.97 Å². The van der Waals surface area contributed by atoms with Crippen molar-refractivity contribution in [1.29, 1.82) is 0 Å². The summed E-state index contributed by atoms with van der Waals surface area (Å²) in [5.74, 6) is -1.06. The number of hydrogen-bond donors (Lipinski definition) is 2. The second-order valence-corrected chi connectivity index (χ2v) is 5.07. The van der Waals surface area contributed by atoms with E-state index in [1.165, 1.54) is 16.4 Å². The first-order chi connectivity index (χ1) is 10.5. The van der Waals surface area contributed by atoms with Gasteiger partial charge in [0.1, 0.15) is 12.2 Å². The van der Waals surface area contributed by atoms with Crippen molar-refractivity contribution in [2.75, 3.05) is 0 Å². The van der Waals surface area contributed by atoms with Crippen LogP contribution in [-0.2, 0) is 29.1 Å². The minimum atomic E-state index is -0.987. The fourth-order valence-electron chi connectivity index (χ4n) is 2.04. The van der Waals surface area contributed by atoms with E-state index in [2.05, 4.69) is 21.7 Å². The van der Waals surface area contributed by atoms with Crippen LogP contribution in [0.5, 0.6) is 0 Å². The Labute approximate surface area is 128 Å². The molecule has 116 valence electrons. The number of nitrogens with zero attached hydrogens (tertiary/aromatic N) is 3. The zero-order valence-corrected chi connectivity index (χ0v) is 12.3. The van der Waals surface area contributed by atoms with Crippen LogP contribution in [0.2, 0.25) is 0 Å². The number of aromatic nitrogens is 3. The molecule has 2 N–H and O–H groups in total. The molecule has 1 amide bonds. The monoisotopic (exact) mass is 302 g/mol. The fraction of sp³-hybridized carbons (Fsp3) is 0.333. The van der Waals surface area contributed by atoms with Gasteiger partial charge in [-0.2, -0.15) is 0 Å². The zero-order valence-electron chi connectivity index (χ0n) is 12.3. The number of aryl methyl sites for hydroxylation is 2. The first-order valence-electron chi connectivity index (χ1n) is 6.96. The van der Waals surface area contributed by atoms with Gasteiger partial charge in [0.25, 0.3) is 0 Å². The number of rotatable bonds is 7. The number of nitrogens with one attached hydrogen (secondary N) is 1. The third kappa shape index (κ3) is 5.01. The van der Waals surface area contributed by atoms with E-state index in [9.17, 15) is 9.59 Å². The van der Waals surface area contributed by atoms with Crippen LogP contribution in [0, 0.1) is 6.92 Å². The molecule has 0 bridgehead atoms. The van der Waals surface area contributed by atoms with E-state index in [1.54, 1.807) is 0 Å².